The molecule has 0 saturated carbocycles. The van der Waals surface area contributed by atoms with E-state index in [2.05, 4.69) is 110 Å². The lowest BCUT2D eigenvalue weighted by molar-refractivity contribution is -0.114. The van der Waals surface area contributed by atoms with Crippen molar-refractivity contribution in [2.24, 2.45) is 0 Å². The van der Waals surface area contributed by atoms with Crippen LogP contribution in [0.2, 0.25) is 0 Å². The van der Waals surface area contributed by atoms with E-state index in [-0.39, 0.29) is 5.91 Å². The molecule has 0 bridgehead atoms. The van der Waals surface area contributed by atoms with E-state index in [0.29, 0.717) is 5.69 Å². The van der Waals surface area contributed by atoms with E-state index >= 15 is 0 Å². The Bertz CT molecular complexity index is 1720. The molecule has 0 aliphatic heterocycles. The van der Waals surface area contributed by atoms with Gasteiger partial charge in [0, 0.05) is 34.2 Å². The number of nitrogens with zero attached hydrogens (tertiary/aromatic N) is 3. The molecule has 2 aromatic heterocycles. The van der Waals surface area contributed by atoms with Crippen molar-refractivity contribution in [1.82, 2.24) is 14.8 Å². The fourth-order valence-corrected chi connectivity index (χ4v) is 5.93. The van der Waals surface area contributed by atoms with Gasteiger partial charge in [-0.15, -0.1) is 0 Å². The molecule has 4 aromatic carbocycles. The fraction of sp³-hybridized carbons (Fsp3) is 0.0882. The van der Waals surface area contributed by atoms with Gasteiger partial charge >= 0.3 is 0 Å². The number of hydrogen-bond donors (Lipinski definition) is 1. The lowest BCUT2D eigenvalue weighted by atomic mass is 9.77. The minimum absolute atomic E-state index is 0.142. The predicted octanol–water partition coefficient (Wildman–Crippen LogP) is 7.97. The first-order chi connectivity index (χ1) is 19.5. The molecule has 0 saturated heterocycles. The molecule has 0 unspecified atom stereocenters. The van der Waals surface area contributed by atoms with E-state index in [0.717, 1.165) is 49.0 Å². The van der Waals surface area contributed by atoms with Gasteiger partial charge in [0.2, 0.25) is 5.91 Å². The van der Waals surface area contributed by atoms with Crippen molar-refractivity contribution in [3.8, 4) is 11.3 Å². The van der Waals surface area contributed by atoms with E-state index in [9.17, 15) is 4.79 Å². The summed E-state index contributed by atoms with van der Waals surface area (Å²) in [4.78, 5) is 16.6. The van der Waals surface area contributed by atoms with Crippen molar-refractivity contribution >= 4 is 38.4 Å². The van der Waals surface area contributed by atoms with Gasteiger partial charge in [-0.05, 0) is 63.8 Å². The van der Waals surface area contributed by atoms with E-state index in [1.807, 2.05) is 49.5 Å². The summed E-state index contributed by atoms with van der Waals surface area (Å²) in [5, 5.41) is 9.36. The smallest absolute Gasteiger partial charge is 0.221 e. The molecule has 40 heavy (non-hydrogen) atoms. The highest BCUT2D eigenvalue weighted by Gasteiger charge is 2.41. The second-order valence-electron chi connectivity index (χ2n) is 9.79. The minimum Gasteiger partial charge on any atom is -0.325 e. The Morgan fingerprint density at radius 2 is 1.35 bits per heavy atom. The maximum absolute atomic E-state index is 12.2. The third-order valence-corrected chi connectivity index (χ3v) is 7.80. The number of hydrogen-bond acceptors (Lipinski definition) is 3. The highest BCUT2D eigenvalue weighted by Crippen LogP contribution is 2.45. The van der Waals surface area contributed by atoms with Gasteiger partial charge in [0.15, 0.2) is 0 Å². The van der Waals surface area contributed by atoms with Crippen molar-refractivity contribution in [2.75, 3.05) is 5.32 Å². The van der Waals surface area contributed by atoms with Gasteiger partial charge in [-0.1, -0.05) is 91.0 Å². The predicted molar refractivity (Wildman–Crippen MR) is 164 cm³/mol. The zero-order valence-corrected chi connectivity index (χ0v) is 23.8. The van der Waals surface area contributed by atoms with Crippen LogP contribution in [0.4, 0.5) is 5.69 Å². The first-order valence-corrected chi connectivity index (χ1v) is 13.9. The van der Waals surface area contributed by atoms with Crippen LogP contribution >= 0.6 is 15.9 Å². The van der Waals surface area contributed by atoms with Crippen LogP contribution in [0.15, 0.2) is 126 Å². The third-order valence-electron chi connectivity index (χ3n) is 7.14. The molecular weight excluding hydrogens is 560 g/mol. The van der Waals surface area contributed by atoms with Gasteiger partial charge in [-0.25, -0.2) is 4.68 Å². The molecule has 196 valence electrons. The molecule has 0 aliphatic rings. The first kappa shape index (κ1) is 25.7. The number of fused-ring (bicyclic) bond motifs is 1. The normalized spacial score (nSPS) is 11.5. The quantitative estimate of drug-likeness (QED) is 0.201. The molecule has 2 heterocycles. The maximum atomic E-state index is 12.2. The van der Waals surface area contributed by atoms with Crippen LogP contribution < -0.4 is 5.32 Å². The monoisotopic (exact) mass is 586 g/mol. The Kier molecular flexibility index (Phi) is 6.78. The SMILES string of the molecule is CC(=O)Nc1cc2c(cc1Br)c(-c1ccnc(C)c1)nn2C(c1ccccc1)(c1ccccc1)c1ccccc1. The Labute approximate surface area is 241 Å². The molecule has 0 radical (unpaired) electrons. The molecule has 1 amide bonds. The van der Waals surface area contributed by atoms with Gasteiger partial charge in [-0.2, -0.15) is 5.10 Å². The molecule has 0 spiro atoms. The zero-order valence-electron chi connectivity index (χ0n) is 22.2. The number of carbonyl (C=O) groups excluding carboxylic acids is 1. The van der Waals surface area contributed by atoms with Gasteiger partial charge in [0.1, 0.15) is 11.2 Å². The summed E-state index contributed by atoms with van der Waals surface area (Å²) < 4.78 is 2.90. The molecule has 0 aliphatic carbocycles. The van der Waals surface area contributed by atoms with Crippen molar-refractivity contribution in [3.63, 3.8) is 0 Å². The summed E-state index contributed by atoms with van der Waals surface area (Å²) in [5.41, 5.74) is 6.67. The largest absolute Gasteiger partial charge is 0.325 e. The van der Waals surface area contributed by atoms with E-state index < -0.39 is 5.54 Å². The van der Waals surface area contributed by atoms with Crippen LogP contribution in [0, 0.1) is 6.92 Å². The molecule has 6 aromatic rings. The summed E-state index contributed by atoms with van der Waals surface area (Å²) in [6.45, 7) is 3.50. The summed E-state index contributed by atoms with van der Waals surface area (Å²) >= 11 is 3.70. The molecule has 1 N–H and O–H groups in total. The van der Waals surface area contributed by atoms with Crippen LogP contribution in [0.3, 0.4) is 0 Å². The van der Waals surface area contributed by atoms with Crippen molar-refractivity contribution in [2.45, 2.75) is 19.4 Å². The molecule has 6 heteroatoms. The standard InChI is InChI=1S/C34H27BrN4O/c1-23-20-25(18-19-36-23)33-29-21-30(35)31(37-24(2)40)22-32(29)39(38-33)34(26-12-6-3-7-13-26,27-14-8-4-9-15-27)28-16-10-5-11-17-28/h3-22H,1-2H3,(H,37,40). The van der Waals surface area contributed by atoms with Gasteiger partial charge < -0.3 is 5.32 Å². The number of carbonyl (C=O) groups is 1. The summed E-state index contributed by atoms with van der Waals surface area (Å²) in [5.74, 6) is -0.142. The Morgan fingerprint density at radius 3 is 1.85 bits per heavy atom. The van der Waals surface area contributed by atoms with Crippen molar-refractivity contribution in [3.05, 3.63) is 148 Å². The number of aromatic nitrogens is 3. The van der Waals surface area contributed by atoms with Crippen molar-refractivity contribution in [1.29, 1.82) is 0 Å². The molecule has 6 rings (SSSR count). The van der Waals surface area contributed by atoms with E-state index in [1.54, 1.807) is 0 Å². The summed E-state index contributed by atoms with van der Waals surface area (Å²) in [6.07, 6.45) is 1.81. The number of halogens is 1. The first-order valence-electron chi connectivity index (χ1n) is 13.1. The number of pyridine rings is 1. The van der Waals surface area contributed by atoms with Gasteiger partial charge in [0.25, 0.3) is 0 Å². The number of amides is 1. The molecule has 0 fully saturated rings. The second kappa shape index (κ2) is 10.5. The van der Waals surface area contributed by atoms with Crippen molar-refractivity contribution < 1.29 is 4.79 Å². The maximum Gasteiger partial charge on any atom is 0.221 e. The topological polar surface area (TPSA) is 59.8 Å². The number of anilines is 1. The molecule has 0 atom stereocenters. The minimum atomic E-state index is -0.816. The molecule has 5 nitrogen and oxygen atoms in total. The highest BCUT2D eigenvalue weighted by atomic mass is 79.9. The van der Waals surface area contributed by atoms with Gasteiger partial charge in [-0.3, -0.25) is 9.78 Å². The number of benzene rings is 4. The zero-order chi connectivity index (χ0) is 27.7. The number of nitrogens with one attached hydrogen (secondary N) is 1. The average molecular weight is 588 g/mol. The number of aryl methyl sites for hydroxylation is 1. The van der Waals surface area contributed by atoms with Crippen LogP contribution in [0.5, 0.6) is 0 Å². The molecular formula is C34H27BrN4O. The third kappa shape index (κ3) is 4.40. The lowest BCUT2D eigenvalue weighted by Crippen LogP contribution is -2.38. The van der Waals surface area contributed by atoms with Gasteiger partial charge in [0.05, 0.1) is 11.2 Å². The van der Waals surface area contributed by atoms with Crippen LogP contribution in [-0.4, -0.2) is 20.7 Å². The van der Waals surface area contributed by atoms with Crippen LogP contribution in [-0.2, 0) is 10.3 Å². The van der Waals surface area contributed by atoms with E-state index in [1.165, 1.54) is 6.92 Å². The Balaban J connectivity index is 1.81. The number of rotatable bonds is 6. The van der Waals surface area contributed by atoms with Crippen LogP contribution in [0.1, 0.15) is 29.3 Å². The summed E-state index contributed by atoms with van der Waals surface area (Å²) in [6, 6.07) is 39.5. The van der Waals surface area contributed by atoms with Crippen LogP contribution in [0.25, 0.3) is 22.2 Å². The highest BCUT2D eigenvalue weighted by molar-refractivity contribution is 9.10. The average Bonchev–Trinajstić information content (AvgIpc) is 3.33. The second-order valence-corrected chi connectivity index (χ2v) is 10.6. The lowest BCUT2D eigenvalue weighted by Gasteiger charge is -2.37. The Morgan fingerprint density at radius 1 is 0.800 bits per heavy atom. The van der Waals surface area contributed by atoms with E-state index in [4.69, 9.17) is 5.10 Å². The Hall–Kier alpha value is -4.55. The fourth-order valence-electron chi connectivity index (χ4n) is 5.49. The summed E-state index contributed by atoms with van der Waals surface area (Å²) in [7, 11) is 0.